The Morgan fingerprint density at radius 3 is 2.74 bits per heavy atom. The molecule has 0 unspecified atom stereocenters. The molecular formula is C13H16N4O2. The molecule has 0 radical (unpaired) electrons. The Morgan fingerprint density at radius 2 is 2.11 bits per heavy atom. The van der Waals surface area contributed by atoms with Crippen molar-refractivity contribution in [1.29, 1.82) is 0 Å². The van der Waals surface area contributed by atoms with Crippen molar-refractivity contribution in [3.63, 3.8) is 0 Å². The molecule has 6 heteroatoms. The maximum atomic E-state index is 11.2. The number of likely N-dealkylation sites (N-methyl/N-ethyl adjacent to an activating group) is 1. The average molecular weight is 260 g/mol. The number of benzene rings is 1. The Labute approximate surface area is 111 Å². The highest BCUT2D eigenvalue weighted by molar-refractivity contribution is 5.77. The predicted molar refractivity (Wildman–Crippen MR) is 72.3 cm³/mol. The highest BCUT2D eigenvalue weighted by Crippen LogP contribution is 2.25. The summed E-state index contributed by atoms with van der Waals surface area (Å²) in [6, 6.07) is 9.50. The maximum absolute atomic E-state index is 11.2. The van der Waals surface area contributed by atoms with Crippen molar-refractivity contribution in [3.05, 3.63) is 35.9 Å². The molecule has 0 fully saturated rings. The zero-order valence-electron chi connectivity index (χ0n) is 10.9. The summed E-state index contributed by atoms with van der Waals surface area (Å²) in [5, 5.41) is 6.75. The van der Waals surface area contributed by atoms with E-state index in [0.29, 0.717) is 17.3 Å². The normalized spacial score (nSPS) is 10.2. The molecule has 1 aromatic heterocycles. The second-order valence-corrected chi connectivity index (χ2v) is 4.02. The molecule has 0 aliphatic carbocycles. The van der Waals surface area contributed by atoms with E-state index >= 15 is 0 Å². The zero-order valence-corrected chi connectivity index (χ0v) is 10.9. The first-order chi connectivity index (χ1) is 9.13. The van der Waals surface area contributed by atoms with Crippen molar-refractivity contribution in [2.75, 3.05) is 19.4 Å². The molecule has 2 aromatic rings. The van der Waals surface area contributed by atoms with Crippen LogP contribution in [0.1, 0.15) is 5.56 Å². The van der Waals surface area contributed by atoms with Crippen LogP contribution in [0.3, 0.4) is 0 Å². The van der Waals surface area contributed by atoms with E-state index < -0.39 is 0 Å². The number of nitrogens with one attached hydrogen (secondary N) is 1. The summed E-state index contributed by atoms with van der Waals surface area (Å²) < 4.78 is 6.94. The third-order valence-corrected chi connectivity index (χ3v) is 2.74. The first-order valence-corrected chi connectivity index (χ1v) is 5.87. The molecule has 2 rings (SSSR count). The van der Waals surface area contributed by atoms with Crippen LogP contribution in [0.2, 0.25) is 0 Å². The first kappa shape index (κ1) is 12.9. The van der Waals surface area contributed by atoms with E-state index in [0.717, 1.165) is 5.69 Å². The summed E-state index contributed by atoms with van der Waals surface area (Å²) in [7, 11) is 1.55. The Balaban J connectivity index is 2.26. The van der Waals surface area contributed by atoms with Crippen LogP contribution in [-0.4, -0.2) is 29.3 Å². The molecule has 0 spiro atoms. The van der Waals surface area contributed by atoms with Crippen LogP contribution in [0.15, 0.2) is 30.3 Å². The smallest absolute Gasteiger partial charge is 0.257 e. The fourth-order valence-electron chi connectivity index (χ4n) is 1.60. The fourth-order valence-corrected chi connectivity index (χ4v) is 1.60. The third-order valence-electron chi connectivity index (χ3n) is 2.74. The second kappa shape index (κ2) is 5.43. The van der Waals surface area contributed by atoms with Crippen molar-refractivity contribution in [2.24, 2.45) is 0 Å². The molecule has 1 aromatic carbocycles. The number of para-hydroxylation sites is 1. The van der Waals surface area contributed by atoms with Crippen molar-refractivity contribution in [1.82, 2.24) is 15.1 Å². The van der Waals surface area contributed by atoms with Crippen LogP contribution >= 0.6 is 0 Å². The van der Waals surface area contributed by atoms with Crippen LogP contribution in [0.25, 0.3) is 5.69 Å². The van der Waals surface area contributed by atoms with Crippen LogP contribution in [0.5, 0.6) is 5.88 Å². The van der Waals surface area contributed by atoms with E-state index in [1.165, 1.54) is 0 Å². The van der Waals surface area contributed by atoms with E-state index in [4.69, 9.17) is 10.5 Å². The standard InChI is InChI=1S/C13H16N4O2/c1-9-12(14)17(10-6-4-3-5-7-10)16-13(9)19-8-11(18)15-2/h3-7H,8,14H2,1-2H3,(H,15,18). The highest BCUT2D eigenvalue weighted by Gasteiger charge is 2.14. The minimum Gasteiger partial charge on any atom is -0.466 e. The lowest BCUT2D eigenvalue weighted by Crippen LogP contribution is -2.25. The quantitative estimate of drug-likeness (QED) is 0.855. The van der Waals surface area contributed by atoms with E-state index in [9.17, 15) is 4.79 Å². The molecule has 1 amide bonds. The van der Waals surface area contributed by atoms with Crippen molar-refractivity contribution < 1.29 is 9.53 Å². The maximum Gasteiger partial charge on any atom is 0.257 e. The number of anilines is 1. The third kappa shape index (κ3) is 2.67. The Kier molecular flexibility index (Phi) is 3.70. The highest BCUT2D eigenvalue weighted by atomic mass is 16.5. The van der Waals surface area contributed by atoms with Crippen LogP contribution in [-0.2, 0) is 4.79 Å². The summed E-state index contributed by atoms with van der Waals surface area (Å²) >= 11 is 0. The lowest BCUT2D eigenvalue weighted by atomic mass is 10.3. The largest absolute Gasteiger partial charge is 0.466 e. The van der Waals surface area contributed by atoms with Gasteiger partial charge in [-0.15, -0.1) is 5.10 Å². The summed E-state index contributed by atoms with van der Waals surface area (Å²) in [6.07, 6.45) is 0. The van der Waals surface area contributed by atoms with E-state index in [1.54, 1.807) is 18.7 Å². The van der Waals surface area contributed by atoms with Crippen molar-refractivity contribution in [2.45, 2.75) is 6.92 Å². The lowest BCUT2D eigenvalue weighted by Gasteiger charge is -2.02. The van der Waals surface area contributed by atoms with E-state index in [2.05, 4.69) is 10.4 Å². The van der Waals surface area contributed by atoms with Gasteiger partial charge in [-0.3, -0.25) is 4.79 Å². The van der Waals surface area contributed by atoms with Gasteiger partial charge in [0.15, 0.2) is 6.61 Å². The number of nitrogens with two attached hydrogens (primary N) is 1. The van der Waals surface area contributed by atoms with Crippen LogP contribution in [0, 0.1) is 6.92 Å². The number of nitrogen functional groups attached to an aromatic ring is 1. The van der Waals surface area contributed by atoms with Gasteiger partial charge in [-0.05, 0) is 19.1 Å². The summed E-state index contributed by atoms with van der Waals surface area (Å²) in [5.41, 5.74) is 7.56. The van der Waals surface area contributed by atoms with Gasteiger partial charge in [0.2, 0.25) is 5.88 Å². The SMILES string of the molecule is CNC(=O)COc1nn(-c2ccccc2)c(N)c1C. The Hall–Kier alpha value is -2.50. The first-order valence-electron chi connectivity index (χ1n) is 5.87. The number of rotatable bonds is 4. The second-order valence-electron chi connectivity index (χ2n) is 4.02. The van der Waals surface area contributed by atoms with Gasteiger partial charge in [-0.2, -0.15) is 0 Å². The topological polar surface area (TPSA) is 82.2 Å². The van der Waals surface area contributed by atoms with Crippen LogP contribution < -0.4 is 15.8 Å². The molecule has 0 saturated carbocycles. The van der Waals surface area contributed by atoms with Gasteiger partial charge in [0.25, 0.3) is 5.91 Å². The molecule has 3 N–H and O–H groups in total. The molecule has 100 valence electrons. The molecule has 0 atom stereocenters. The van der Waals surface area contributed by atoms with Gasteiger partial charge >= 0.3 is 0 Å². The van der Waals surface area contributed by atoms with Gasteiger partial charge in [0.05, 0.1) is 11.3 Å². The number of ether oxygens (including phenoxy) is 1. The van der Waals surface area contributed by atoms with Crippen molar-refractivity contribution in [3.8, 4) is 11.6 Å². The molecule has 0 aliphatic heterocycles. The molecule has 6 nitrogen and oxygen atoms in total. The molecule has 1 heterocycles. The summed E-state index contributed by atoms with van der Waals surface area (Å²) in [6.45, 7) is 1.73. The minimum atomic E-state index is -0.216. The van der Waals surface area contributed by atoms with E-state index in [1.807, 2.05) is 30.3 Å². The minimum absolute atomic E-state index is 0.0808. The molecule has 0 aliphatic rings. The predicted octanol–water partition coefficient (Wildman–Crippen LogP) is 0.888. The lowest BCUT2D eigenvalue weighted by molar-refractivity contribution is -0.122. The monoisotopic (exact) mass is 260 g/mol. The summed E-state index contributed by atoms with van der Waals surface area (Å²) in [5.74, 6) is 0.648. The number of hydrogen-bond donors (Lipinski definition) is 2. The molecular weight excluding hydrogens is 244 g/mol. The number of aromatic nitrogens is 2. The molecule has 0 saturated heterocycles. The van der Waals surface area contributed by atoms with Gasteiger partial charge in [0, 0.05) is 7.05 Å². The Morgan fingerprint density at radius 1 is 1.42 bits per heavy atom. The Bertz CT molecular complexity index is 578. The fraction of sp³-hybridized carbons (Fsp3) is 0.231. The van der Waals surface area contributed by atoms with Crippen molar-refractivity contribution >= 4 is 11.7 Å². The molecule has 19 heavy (non-hydrogen) atoms. The summed E-state index contributed by atoms with van der Waals surface area (Å²) in [4.78, 5) is 11.2. The van der Waals surface area contributed by atoms with Gasteiger partial charge in [0.1, 0.15) is 5.82 Å². The van der Waals surface area contributed by atoms with E-state index in [-0.39, 0.29) is 12.5 Å². The van der Waals surface area contributed by atoms with Gasteiger partial charge < -0.3 is 15.8 Å². The molecule has 0 bridgehead atoms. The number of carbonyl (C=O) groups is 1. The number of nitrogens with zero attached hydrogens (tertiary/aromatic N) is 2. The zero-order chi connectivity index (χ0) is 13.8. The average Bonchev–Trinajstić information content (AvgIpc) is 2.73. The number of carbonyl (C=O) groups excluding carboxylic acids is 1. The van der Waals surface area contributed by atoms with Gasteiger partial charge in [-0.25, -0.2) is 4.68 Å². The van der Waals surface area contributed by atoms with Gasteiger partial charge in [-0.1, -0.05) is 18.2 Å². The number of hydrogen-bond acceptors (Lipinski definition) is 4. The van der Waals surface area contributed by atoms with Crippen LogP contribution in [0.4, 0.5) is 5.82 Å². The number of amides is 1.